The van der Waals surface area contributed by atoms with Crippen LogP contribution in [-0.2, 0) is 6.42 Å². The van der Waals surface area contributed by atoms with Crippen molar-refractivity contribution in [3.8, 4) is 0 Å². The summed E-state index contributed by atoms with van der Waals surface area (Å²) >= 11 is 0. The molecule has 0 unspecified atom stereocenters. The van der Waals surface area contributed by atoms with Gasteiger partial charge in [-0.3, -0.25) is 0 Å². The van der Waals surface area contributed by atoms with Crippen molar-refractivity contribution in [3.63, 3.8) is 0 Å². The van der Waals surface area contributed by atoms with Gasteiger partial charge in [0.25, 0.3) is 0 Å². The summed E-state index contributed by atoms with van der Waals surface area (Å²) in [7, 11) is 0. The monoisotopic (exact) mass is 164 g/mol. The van der Waals surface area contributed by atoms with Crippen molar-refractivity contribution in [2.75, 3.05) is 0 Å². The summed E-state index contributed by atoms with van der Waals surface area (Å²) < 4.78 is 18.0. The lowest BCUT2D eigenvalue weighted by molar-refractivity contribution is 0.552. The van der Waals surface area contributed by atoms with Crippen LogP contribution in [0.1, 0.15) is 12.7 Å². The molecule has 1 heterocycles. The molecule has 1 nitrogen and oxygen atoms in total. The Morgan fingerprint density at radius 2 is 2.17 bits per heavy atom. The molecule has 0 atom stereocenters. The molecule has 2 aromatic rings. The normalized spacial score (nSPS) is 10.8. The lowest BCUT2D eigenvalue weighted by Crippen LogP contribution is -1.69. The molecule has 0 amide bonds. The number of hydrogen-bond donors (Lipinski definition) is 0. The van der Waals surface area contributed by atoms with E-state index in [0.29, 0.717) is 5.58 Å². The van der Waals surface area contributed by atoms with Gasteiger partial charge in [0.2, 0.25) is 0 Å². The molecule has 12 heavy (non-hydrogen) atoms. The molecule has 1 aromatic carbocycles. The van der Waals surface area contributed by atoms with E-state index in [1.165, 1.54) is 12.1 Å². The van der Waals surface area contributed by atoms with E-state index in [2.05, 4.69) is 0 Å². The summed E-state index contributed by atoms with van der Waals surface area (Å²) in [5.74, 6) is 0.648. The standard InChI is InChI=1S/C10H9FO/c1-2-9-5-7-3-4-8(11)6-10(7)12-9/h3-6H,2H2,1H3. The van der Waals surface area contributed by atoms with Crippen molar-refractivity contribution in [3.05, 3.63) is 35.8 Å². The number of fused-ring (bicyclic) bond motifs is 1. The highest BCUT2D eigenvalue weighted by Crippen LogP contribution is 2.20. The summed E-state index contributed by atoms with van der Waals surface area (Å²) in [4.78, 5) is 0. The maximum Gasteiger partial charge on any atom is 0.137 e. The molecule has 0 saturated carbocycles. The Morgan fingerprint density at radius 3 is 2.92 bits per heavy atom. The molecule has 0 spiro atoms. The van der Waals surface area contributed by atoms with Crippen molar-refractivity contribution in [2.24, 2.45) is 0 Å². The molecule has 0 bridgehead atoms. The fourth-order valence-corrected chi connectivity index (χ4v) is 1.23. The third-order valence-electron chi connectivity index (χ3n) is 1.88. The van der Waals surface area contributed by atoms with Crippen molar-refractivity contribution < 1.29 is 8.81 Å². The van der Waals surface area contributed by atoms with Crippen molar-refractivity contribution in [1.29, 1.82) is 0 Å². The van der Waals surface area contributed by atoms with Gasteiger partial charge in [0, 0.05) is 17.9 Å². The molecule has 2 rings (SSSR count). The van der Waals surface area contributed by atoms with Gasteiger partial charge in [-0.1, -0.05) is 6.92 Å². The maximum absolute atomic E-state index is 12.7. The second kappa shape index (κ2) is 2.63. The van der Waals surface area contributed by atoms with Crippen LogP contribution >= 0.6 is 0 Å². The number of furan rings is 1. The van der Waals surface area contributed by atoms with Gasteiger partial charge in [-0.15, -0.1) is 0 Å². The van der Waals surface area contributed by atoms with Crippen LogP contribution in [0.4, 0.5) is 4.39 Å². The van der Waals surface area contributed by atoms with Crippen molar-refractivity contribution in [2.45, 2.75) is 13.3 Å². The second-order valence-corrected chi connectivity index (χ2v) is 2.75. The molecule has 0 aliphatic carbocycles. The molecule has 0 aliphatic heterocycles. The number of hydrogen-bond acceptors (Lipinski definition) is 1. The van der Waals surface area contributed by atoms with Crippen LogP contribution in [0.15, 0.2) is 28.7 Å². The van der Waals surface area contributed by atoms with E-state index in [1.54, 1.807) is 6.07 Å². The SMILES string of the molecule is CCc1cc2ccc(F)cc2o1. The summed E-state index contributed by atoms with van der Waals surface area (Å²) in [5.41, 5.74) is 0.631. The molecule has 62 valence electrons. The topological polar surface area (TPSA) is 13.1 Å². The lowest BCUT2D eigenvalue weighted by Gasteiger charge is -1.86. The predicted molar refractivity (Wildman–Crippen MR) is 45.6 cm³/mol. The summed E-state index contributed by atoms with van der Waals surface area (Å²) in [6.07, 6.45) is 0.844. The molecular formula is C10H9FO. The molecule has 1 aromatic heterocycles. The molecule has 0 fully saturated rings. The van der Waals surface area contributed by atoms with Crippen LogP contribution < -0.4 is 0 Å². The minimum Gasteiger partial charge on any atom is -0.461 e. The van der Waals surface area contributed by atoms with Crippen LogP contribution in [0.25, 0.3) is 11.0 Å². The van der Waals surface area contributed by atoms with Crippen LogP contribution in [0.2, 0.25) is 0 Å². The fourth-order valence-electron chi connectivity index (χ4n) is 1.23. The van der Waals surface area contributed by atoms with Gasteiger partial charge in [-0.25, -0.2) is 4.39 Å². The Hall–Kier alpha value is -1.31. The molecule has 2 heteroatoms. The highest BCUT2D eigenvalue weighted by atomic mass is 19.1. The number of aryl methyl sites for hydroxylation is 1. The van der Waals surface area contributed by atoms with Gasteiger partial charge in [-0.2, -0.15) is 0 Å². The molecule has 0 N–H and O–H groups in total. The first kappa shape index (κ1) is 7.35. The Labute approximate surface area is 69.8 Å². The van der Waals surface area contributed by atoms with Crippen LogP contribution in [0.5, 0.6) is 0 Å². The third kappa shape index (κ3) is 1.09. The molecular weight excluding hydrogens is 155 g/mol. The first-order valence-corrected chi connectivity index (χ1v) is 3.97. The Bertz CT molecular complexity index is 403. The quantitative estimate of drug-likeness (QED) is 0.631. The van der Waals surface area contributed by atoms with E-state index in [1.807, 2.05) is 13.0 Å². The van der Waals surface area contributed by atoms with Crippen LogP contribution in [-0.4, -0.2) is 0 Å². The van der Waals surface area contributed by atoms with Crippen LogP contribution in [0.3, 0.4) is 0 Å². The number of benzene rings is 1. The van der Waals surface area contributed by atoms with Gasteiger partial charge in [0.1, 0.15) is 17.2 Å². The number of halogens is 1. The van der Waals surface area contributed by atoms with Gasteiger partial charge in [-0.05, 0) is 18.2 Å². The lowest BCUT2D eigenvalue weighted by atomic mass is 10.2. The second-order valence-electron chi connectivity index (χ2n) is 2.75. The van der Waals surface area contributed by atoms with Crippen molar-refractivity contribution >= 4 is 11.0 Å². The summed E-state index contributed by atoms with van der Waals surface area (Å²) in [6, 6.07) is 6.52. The number of rotatable bonds is 1. The molecule has 0 radical (unpaired) electrons. The highest BCUT2D eigenvalue weighted by Gasteiger charge is 2.01. The first-order chi connectivity index (χ1) is 5.79. The Kier molecular flexibility index (Phi) is 1.61. The van der Waals surface area contributed by atoms with E-state index in [9.17, 15) is 4.39 Å². The summed E-state index contributed by atoms with van der Waals surface area (Å²) in [6.45, 7) is 2.01. The average molecular weight is 164 g/mol. The smallest absolute Gasteiger partial charge is 0.137 e. The predicted octanol–water partition coefficient (Wildman–Crippen LogP) is 3.13. The zero-order valence-electron chi connectivity index (χ0n) is 6.80. The van der Waals surface area contributed by atoms with E-state index >= 15 is 0 Å². The zero-order valence-corrected chi connectivity index (χ0v) is 6.80. The van der Waals surface area contributed by atoms with Gasteiger partial charge < -0.3 is 4.42 Å². The minimum absolute atomic E-state index is 0.250. The Morgan fingerprint density at radius 1 is 1.33 bits per heavy atom. The third-order valence-corrected chi connectivity index (χ3v) is 1.88. The maximum atomic E-state index is 12.7. The van der Waals surface area contributed by atoms with E-state index in [-0.39, 0.29) is 5.82 Å². The van der Waals surface area contributed by atoms with Gasteiger partial charge >= 0.3 is 0 Å². The largest absolute Gasteiger partial charge is 0.461 e. The molecule has 0 aliphatic rings. The summed E-state index contributed by atoms with van der Waals surface area (Å²) in [5, 5.41) is 0.966. The van der Waals surface area contributed by atoms with E-state index < -0.39 is 0 Å². The Balaban J connectivity index is 2.67. The fraction of sp³-hybridized carbons (Fsp3) is 0.200. The average Bonchev–Trinajstić information content (AvgIpc) is 2.46. The van der Waals surface area contributed by atoms with Gasteiger partial charge in [0.05, 0.1) is 0 Å². The van der Waals surface area contributed by atoms with Gasteiger partial charge in [0.15, 0.2) is 0 Å². The van der Waals surface area contributed by atoms with Crippen molar-refractivity contribution in [1.82, 2.24) is 0 Å². The minimum atomic E-state index is -0.250. The van der Waals surface area contributed by atoms with E-state index in [0.717, 1.165) is 17.6 Å². The molecule has 0 saturated heterocycles. The highest BCUT2D eigenvalue weighted by molar-refractivity contribution is 5.77. The first-order valence-electron chi connectivity index (χ1n) is 3.97. The zero-order chi connectivity index (χ0) is 8.55. The van der Waals surface area contributed by atoms with E-state index in [4.69, 9.17) is 4.42 Å². The van der Waals surface area contributed by atoms with Crippen LogP contribution in [0, 0.1) is 5.82 Å².